The minimum atomic E-state index is -0.133. The number of ether oxygens (including phenoxy) is 1. The maximum absolute atomic E-state index is 12.4. The number of hydrogen-bond donors (Lipinski definition) is 2. The molecule has 2 aromatic carbocycles. The van der Waals surface area contributed by atoms with Crippen LogP contribution in [0.2, 0.25) is 0 Å². The van der Waals surface area contributed by atoms with Gasteiger partial charge in [-0.05, 0) is 23.6 Å². The van der Waals surface area contributed by atoms with Crippen LogP contribution in [0.1, 0.15) is 36.1 Å². The van der Waals surface area contributed by atoms with Gasteiger partial charge in [-0.25, -0.2) is 4.79 Å². The molecule has 3 rings (SSSR count). The van der Waals surface area contributed by atoms with E-state index in [0.29, 0.717) is 13.1 Å². The summed E-state index contributed by atoms with van der Waals surface area (Å²) in [4.78, 5) is 14.8. The number of carbonyl (C=O) groups is 1. The summed E-state index contributed by atoms with van der Waals surface area (Å²) >= 11 is 0. The number of rotatable bonds is 7. The van der Waals surface area contributed by atoms with E-state index < -0.39 is 0 Å². The quantitative estimate of drug-likeness (QED) is 0.753. The normalized spacial score (nSPS) is 15.1. The number of aryl methyl sites for hydroxylation is 1. The fourth-order valence-corrected chi connectivity index (χ4v) is 3.53. The van der Waals surface area contributed by atoms with Crippen LogP contribution < -0.4 is 10.6 Å². The molecule has 0 bridgehead atoms. The van der Waals surface area contributed by atoms with Gasteiger partial charge in [-0.3, -0.25) is 4.90 Å². The van der Waals surface area contributed by atoms with Crippen LogP contribution in [0.15, 0.2) is 48.5 Å². The van der Waals surface area contributed by atoms with Crippen molar-refractivity contribution in [1.82, 2.24) is 15.5 Å². The highest BCUT2D eigenvalue weighted by atomic mass is 16.5. The van der Waals surface area contributed by atoms with Crippen molar-refractivity contribution in [1.29, 1.82) is 0 Å². The lowest BCUT2D eigenvalue weighted by molar-refractivity contribution is 0.0341. The molecular weight excluding hydrogens is 362 g/mol. The van der Waals surface area contributed by atoms with E-state index in [-0.39, 0.29) is 11.4 Å². The molecule has 29 heavy (non-hydrogen) atoms. The molecule has 156 valence electrons. The molecule has 1 heterocycles. The predicted octanol–water partition coefficient (Wildman–Crippen LogP) is 3.60. The van der Waals surface area contributed by atoms with E-state index in [1.54, 1.807) is 0 Å². The fraction of sp³-hybridized carbons (Fsp3) is 0.458. The highest BCUT2D eigenvalue weighted by Gasteiger charge is 2.21. The second-order valence-corrected chi connectivity index (χ2v) is 8.44. The van der Waals surface area contributed by atoms with Crippen molar-refractivity contribution < 1.29 is 9.53 Å². The van der Waals surface area contributed by atoms with Gasteiger partial charge in [-0.15, -0.1) is 0 Å². The van der Waals surface area contributed by atoms with Gasteiger partial charge < -0.3 is 15.4 Å². The molecule has 1 aliphatic heterocycles. The number of morpholine rings is 1. The lowest BCUT2D eigenvalue weighted by atomic mass is 9.84. The lowest BCUT2D eigenvalue weighted by Gasteiger charge is -2.27. The van der Waals surface area contributed by atoms with Crippen LogP contribution in [0, 0.1) is 6.92 Å². The van der Waals surface area contributed by atoms with Gasteiger partial charge in [0.2, 0.25) is 0 Å². The van der Waals surface area contributed by atoms with Crippen LogP contribution in [0.3, 0.4) is 0 Å². The molecule has 0 aromatic heterocycles. The Morgan fingerprint density at radius 3 is 2.34 bits per heavy atom. The smallest absolute Gasteiger partial charge is 0.315 e. The number of nitrogens with zero attached hydrogens (tertiary/aromatic N) is 1. The summed E-state index contributed by atoms with van der Waals surface area (Å²) in [5.41, 5.74) is 4.76. The maximum Gasteiger partial charge on any atom is 0.315 e. The Labute approximate surface area is 174 Å². The Morgan fingerprint density at radius 1 is 1.00 bits per heavy atom. The zero-order valence-corrected chi connectivity index (χ0v) is 17.8. The molecule has 1 aliphatic rings. The molecule has 0 spiro atoms. The Hall–Kier alpha value is -2.37. The molecule has 0 aliphatic carbocycles. The minimum absolute atomic E-state index is 0.126. The Balaban J connectivity index is 1.51. The van der Waals surface area contributed by atoms with Crippen molar-refractivity contribution in [2.24, 2.45) is 0 Å². The van der Waals surface area contributed by atoms with Crippen LogP contribution in [-0.4, -0.2) is 43.8 Å². The number of hydrogen-bond acceptors (Lipinski definition) is 3. The van der Waals surface area contributed by atoms with Gasteiger partial charge in [0.15, 0.2) is 0 Å². The molecule has 2 amide bonds. The number of urea groups is 1. The molecule has 5 nitrogen and oxygen atoms in total. The zero-order valence-electron chi connectivity index (χ0n) is 17.8. The first-order valence-electron chi connectivity index (χ1n) is 10.4. The summed E-state index contributed by atoms with van der Waals surface area (Å²) in [6, 6.07) is 16.7. The molecule has 0 unspecified atom stereocenters. The van der Waals surface area contributed by atoms with E-state index in [4.69, 9.17) is 4.74 Å². The van der Waals surface area contributed by atoms with Gasteiger partial charge in [-0.1, -0.05) is 67.9 Å². The first-order valence-corrected chi connectivity index (χ1v) is 10.4. The molecule has 2 N–H and O–H groups in total. The molecule has 0 saturated carbocycles. The average molecular weight is 396 g/mol. The highest BCUT2D eigenvalue weighted by Crippen LogP contribution is 2.22. The second kappa shape index (κ2) is 9.90. The molecule has 1 saturated heterocycles. The zero-order chi connectivity index (χ0) is 20.7. The van der Waals surface area contributed by atoms with Gasteiger partial charge in [-0.2, -0.15) is 0 Å². The first kappa shape index (κ1) is 21.3. The summed E-state index contributed by atoms with van der Waals surface area (Å²) < 4.78 is 5.43. The molecule has 5 heteroatoms. The van der Waals surface area contributed by atoms with Crippen LogP contribution >= 0.6 is 0 Å². The van der Waals surface area contributed by atoms with Crippen molar-refractivity contribution in [3.63, 3.8) is 0 Å². The molecule has 2 aromatic rings. The van der Waals surface area contributed by atoms with E-state index in [2.05, 4.69) is 78.8 Å². The van der Waals surface area contributed by atoms with Gasteiger partial charge in [0, 0.05) is 38.1 Å². The van der Waals surface area contributed by atoms with Crippen molar-refractivity contribution in [2.75, 3.05) is 32.8 Å². The van der Waals surface area contributed by atoms with Crippen molar-refractivity contribution in [2.45, 2.75) is 39.3 Å². The van der Waals surface area contributed by atoms with Crippen LogP contribution in [-0.2, 0) is 23.2 Å². The number of amides is 2. The minimum Gasteiger partial charge on any atom is -0.379 e. The molecule has 0 radical (unpaired) electrons. The van der Waals surface area contributed by atoms with Gasteiger partial charge in [0.05, 0.1) is 13.2 Å². The van der Waals surface area contributed by atoms with E-state index >= 15 is 0 Å². The third-order valence-electron chi connectivity index (χ3n) is 5.58. The van der Waals surface area contributed by atoms with Crippen molar-refractivity contribution >= 4 is 6.03 Å². The van der Waals surface area contributed by atoms with Crippen LogP contribution in [0.25, 0.3) is 0 Å². The molecular formula is C24H33N3O2. The van der Waals surface area contributed by atoms with E-state index in [1.165, 1.54) is 16.7 Å². The lowest BCUT2D eigenvalue weighted by Crippen LogP contribution is -2.42. The number of benzene rings is 2. The SMILES string of the molecule is Cc1ccc(C(C)(C)CNC(=O)NCc2ccccc2CN2CCOCC2)cc1. The van der Waals surface area contributed by atoms with E-state index in [9.17, 15) is 4.79 Å². The molecule has 1 fully saturated rings. The van der Waals surface area contributed by atoms with Crippen LogP contribution in [0.4, 0.5) is 4.79 Å². The first-order chi connectivity index (χ1) is 13.9. The van der Waals surface area contributed by atoms with Crippen LogP contribution in [0.5, 0.6) is 0 Å². The van der Waals surface area contributed by atoms with E-state index in [1.807, 2.05) is 6.07 Å². The molecule has 0 atom stereocenters. The third kappa shape index (κ3) is 6.31. The number of nitrogens with one attached hydrogen (secondary N) is 2. The maximum atomic E-state index is 12.4. The third-order valence-corrected chi connectivity index (χ3v) is 5.58. The van der Waals surface area contributed by atoms with E-state index in [0.717, 1.165) is 38.4 Å². The largest absolute Gasteiger partial charge is 0.379 e. The second-order valence-electron chi connectivity index (χ2n) is 8.44. The Bertz CT molecular complexity index is 796. The number of carbonyl (C=O) groups excluding carboxylic acids is 1. The summed E-state index contributed by atoms with van der Waals surface area (Å²) in [5, 5.41) is 6.05. The predicted molar refractivity (Wildman–Crippen MR) is 117 cm³/mol. The fourth-order valence-electron chi connectivity index (χ4n) is 3.53. The average Bonchev–Trinajstić information content (AvgIpc) is 2.73. The summed E-state index contributed by atoms with van der Waals surface area (Å²) in [5.74, 6) is 0. The Kier molecular flexibility index (Phi) is 7.29. The van der Waals surface area contributed by atoms with Gasteiger partial charge >= 0.3 is 6.03 Å². The van der Waals surface area contributed by atoms with Gasteiger partial charge in [0.1, 0.15) is 0 Å². The summed E-state index contributed by atoms with van der Waals surface area (Å²) in [6.45, 7) is 11.9. The monoisotopic (exact) mass is 395 g/mol. The Morgan fingerprint density at radius 2 is 1.66 bits per heavy atom. The van der Waals surface area contributed by atoms with Crippen molar-refractivity contribution in [3.8, 4) is 0 Å². The van der Waals surface area contributed by atoms with Crippen molar-refractivity contribution in [3.05, 3.63) is 70.8 Å². The topological polar surface area (TPSA) is 53.6 Å². The summed E-state index contributed by atoms with van der Waals surface area (Å²) in [7, 11) is 0. The van der Waals surface area contributed by atoms with Gasteiger partial charge in [0.25, 0.3) is 0 Å². The summed E-state index contributed by atoms with van der Waals surface area (Å²) in [6.07, 6.45) is 0. The highest BCUT2D eigenvalue weighted by molar-refractivity contribution is 5.74. The standard InChI is InChI=1S/C24H33N3O2/c1-19-8-10-22(11-9-19)24(2,3)18-26-23(28)25-16-20-6-4-5-7-21(20)17-27-12-14-29-15-13-27/h4-11H,12-18H2,1-3H3,(H2,25,26,28).